The maximum Gasteiger partial charge on any atom is 0.287 e. The molecule has 0 aliphatic carbocycles. The van der Waals surface area contributed by atoms with Crippen molar-refractivity contribution in [1.29, 1.82) is 0 Å². The standard InChI is InChI=1S/C12H16ClN3O2/c1-3-5-16-11(17)10(13)9(7-14-16)15-12(2)4-6-18-8-12/h3,7,15H,1,4-6,8H2,2H3. The van der Waals surface area contributed by atoms with Gasteiger partial charge in [0.25, 0.3) is 5.56 Å². The van der Waals surface area contributed by atoms with Crippen LogP contribution >= 0.6 is 11.6 Å². The van der Waals surface area contributed by atoms with E-state index in [9.17, 15) is 4.79 Å². The molecule has 1 aromatic heterocycles. The molecule has 0 radical (unpaired) electrons. The lowest BCUT2D eigenvalue weighted by atomic mass is 10.0. The monoisotopic (exact) mass is 269 g/mol. The topological polar surface area (TPSA) is 56.1 Å². The van der Waals surface area contributed by atoms with Crippen LogP contribution in [-0.4, -0.2) is 28.5 Å². The van der Waals surface area contributed by atoms with E-state index in [1.54, 1.807) is 12.3 Å². The number of aromatic nitrogens is 2. The summed E-state index contributed by atoms with van der Waals surface area (Å²) in [6.07, 6.45) is 4.04. The van der Waals surface area contributed by atoms with Crippen LogP contribution in [0.3, 0.4) is 0 Å². The van der Waals surface area contributed by atoms with E-state index >= 15 is 0 Å². The van der Waals surface area contributed by atoms with Crippen molar-refractivity contribution >= 4 is 17.3 Å². The molecule has 1 saturated heterocycles. The molecule has 1 unspecified atom stereocenters. The zero-order valence-corrected chi connectivity index (χ0v) is 11.0. The largest absolute Gasteiger partial charge is 0.379 e. The number of nitrogens with zero attached hydrogens (tertiary/aromatic N) is 2. The van der Waals surface area contributed by atoms with Gasteiger partial charge in [-0.3, -0.25) is 4.79 Å². The predicted molar refractivity (Wildman–Crippen MR) is 71.2 cm³/mol. The highest BCUT2D eigenvalue weighted by Gasteiger charge is 2.30. The maximum atomic E-state index is 11.9. The molecule has 0 aromatic carbocycles. The molecule has 1 aliphatic heterocycles. The number of ether oxygens (including phenoxy) is 1. The number of nitrogens with one attached hydrogen (secondary N) is 1. The van der Waals surface area contributed by atoms with Crippen LogP contribution in [0.2, 0.25) is 5.02 Å². The Morgan fingerprint density at radius 2 is 2.56 bits per heavy atom. The minimum absolute atomic E-state index is 0.153. The Morgan fingerprint density at radius 1 is 1.78 bits per heavy atom. The van der Waals surface area contributed by atoms with Gasteiger partial charge in [0.1, 0.15) is 5.02 Å². The van der Waals surface area contributed by atoms with E-state index in [2.05, 4.69) is 17.0 Å². The molecule has 1 aromatic rings. The van der Waals surface area contributed by atoms with E-state index < -0.39 is 0 Å². The van der Waals surface area contributed by atoms with Crippen molar-refractivity contribution in [2.45, 2.75) is 25.4 Å². The molecule has 0 saturated carbocycles. The Morgan fingerprint density at radius 3 is 3.17 bits per heavy atom. The summed E-state index contributed by atoms with van der Waals surface area (Å²) in [6.45, 7) is 7.25. The quantitative estimate of drug-likeness (QED) is 0.845. The van der Waals surface area contributed by atoms with Crippen LogP contribution in [0.5, 0.6) is 0 Å². The molecular weight excluding hydrogens is 254 g/mol. The van der Waals surface area contributed by atoms with Crippen LogP contribution in [0.4, 0.5) is 5.69 Å². The van der Waals surface area contributed by atoms with Gasteiger partial charge in [0.2, 0.25) is 0 Å². The molecule has 2 rings (SSSR count). The van der Waals surface area contributed by atoms with E-state index in [0.29, 0.717) is 25.4 Å². The Hall–Kier alpha value is -1.33. The average Bonchev–Trinajstić information content (AvgIpc) is 2.76. The SMILES string of the molecule is C=CCn1ncc(NC2(C)CCOC2)c(Cl)c1=O. The predicted octanol–water partition coefficient (Wildman–Crippen LogP) is 1.67. The highest BCUT2D eigenvalue weighted by atomic mass is 35.5. The normalized spacial score (nSPS) is 23.0. The van der Waals surface area contributed by atoms with Crippen molar-refractivity contribution < 1.29 is 4.74 Å². The van der Waals surface area contributed by atoms with Gasteiger partial charge < -0.3 is 10.1 Å². The first-order chi connectivity index (χ1) is 8.56. The van der Waals surface area contributed by atoms with Crippen LogP contribution in [-0.2, 0) is 11.3 Å². The first-order valence-electron chi connectivity index (χ1n) is 5.78. The molecule has 1 N–H and O–H groups in total. The molecule has 5 nitrogen and oxygen atoms in total. The van der Waals surface area contributed by atoms with Gasteiger partial charge in [-0.1, -0.05) is 17.7 Å². The van der Waals surface area contributed by atoms with E-state index in [4.69, 9.17) is 16.3 Å². The number of allylic oxidation sites excluding steroid dienone is 1. The second-order valence-electron chi connectivity index (χ2n) is 4.64. The molecule has 6 heteroatoms. The fraction of sp³-hybridized carbons (Fsp3) is 0.500. The minimum Gasteiger partial charge on any atom is -0.379 e. The van der Waals surface area contributed by atoms with E-state index in [-0.39, 0.29) is 16.1 Å². The van der Waals surface area contributed by atoms with Crippen LogP contribution in [0.25, 0.3) is 0 Å². The van der Waals surface area contributed by atoms with Gasteiger partial charge in [0.05, 0.1) is 30.6 Å². The van der Waals surface area contributed by atoms with Gasteiger partial charge in [-0.25, -0.2) is 4.68 Å². The van der Waals surface area contributed by atoms with Crippen molar-refractivity contribution in [2.75, 3.05) is 18.5 Å². The number of hydrogen-bond acceptors (Lipinski definition) is 4. The van der Waals surface area contributed by atoms with Crippen molar-refractivity contribution in [2.24, 2.45) is 0 Å². The summed E-state index contributed by atoms with van der Waals surface area (Å²) in [7, 11) is 0. The van der Waals surface area contributed by atoms with Crippen LogP contribution in [0, 0.1) is 0 Å². The molecule has 0 amide bonds. The second-order valence-corrected chi connectivity index (χ2v) is 5.01. The second kappa shape index (κ2) is 5.12. The van der Waals surface area contributed by atoms with Gasteiger partial charge >= 0.3 is 0 Å². The summed E-state index contributed by atoms with van der Waals surface area (Å²) in [5.74, 6) is 0. The lowest BCUT2D eigenvalue weighted by Crippen LogP contribution is -2.36. The lowest BCUT2D eigenvalue weighted by molar-refractivity contribution is 0.185. The van der Waals surface area contributed by atoms with Crippen LogP contribution in [0.1, 0.15) is 13.3 Å². The van der Waals surface area contributed by atoms with Gasteiger partial charge in [-0.2, -0.15) is 5.10 Å². The van der Waals surface area contributed by atoms with Gasteiger partial charge in [-0.15, -0.1) is 6.58 Å². The van der Waals surface area contributed by atoms with Gasteiger partial charge in [0, 0.05) is 6.61 Å². The summed E-state index contributed by atoms with van der Waals surface area (Å²) in [5.41, 5.74) is 0.0432. The molecule has 2 heterocycles. The third-order valence-electron chi connectivity index (χ3n) is 2.94. The summed E-state index contributed by atoms with van der Waals surface area (Å²) in [4.78, 5) is 11.9. The van der Waals surface area contributed by atoms with E-state index in [1.807, 2.05) is 6.92 Å². The minimum atomic E-state index is -0.316. The van der Waals surface area contributed by atoms with E-state index in [0.717, 1.165) is 6.42 Å². The summed E-state index contributed by atoms with van der Waals surface area (Å²) in [6, 6.07) is 0. The van der Waals surface area contributed by atoms with Crippen LogP contribution in [0.15, 0.2) is 23.6 Å². The molecule has 1 aliphatic rings. The Balaban J connectivity index is 2.27. The van der Waals surface area contributed by atoms with Crippen molar-refractivity contribution in [3.63, 3.8) is 0 Å². The highest BCUT2D eigenvalue weighted by molar-refractivity contribution is 6.32. The summed E-state index contributed by atoms with van der Waals surface area (Å²) >= 11 is 6.06. The highest BCUT2D eigenvalue weighted by Crippen LogP contribution is 2.26. The van der Waals surface area contributed by atoms with Gasteiger partial charge in [-0.05, 0) is 13.3 Å². The molecule has 1 fully saturated rings. The Bertz CT molecular complexity index is 507. The summed E-state index contributed by atoms with van der Waals surface area (Å²) < 4.78 is 6.61. The Kier molecular flexibility index (Phi) is 3.73. The van der Waals surface area contributed by atoms with Crippen molar-refractivity contribution in [3.05, 3.63) is 34.2 Å². The maximum absolute atomic E-state index is 11.9. The number of anilines is 1. The molecule has 1 atom stereocenters. The molecule has 98 valence electrons. The Labute approximate surface area is 110 Å². The van der Waals surface area contributed by atoms with E-state index in [1.165, 1.54) is 4.68 Å². The zero-order valence-electron chi connectivity index (χ0n) is 10.3. The van der Waals surface area contributed by atoms with Crippen molar-refractivity contribution in [1.82, 2.24) is 9.78 Å². The third-order valence-corrected chi connectivity index (χ3v) is 3.31. The average molecular weight is 270 g/mol. The first kappa shape index (κ1) is 13.1. The zero-order chi connectivity index (χ0) is 13.2. The van der Waals surface area contributed by atoms with Gasteiger partial charge in [0.15, 0.2) is 0 Å². The smallest absolute Gasteiger partial charge is 0.287 e. The lowest BCUT2D eigenvalue weighted by Gasteiger charge is -2.25. The fourth-order valence-corrected chi connectivity index (χ4v) is 2.09. The third kappa shape index (κ3) is 2.57. The first-order valence-corrected chi connectivity index (χ1v) is 6.16. The number of hydrogen-bond donors (Lipinski definition) is 1. The van der Waals surface area contributed by atoms with Crippen molar-refractivity contribution in [3.8, 4) is 0 Å². The molecule has 18 heavy (non-hydrogen) atoms. The molecule has 0 spiro atoms. The number of rotatable bonds is 4. The fourth-order valence-electron chi connectivity index (χ4n) is 1.90. The van der Waals surface area contributed by atoms with Crippen LogP contribution < -0.4 is 10.9 Å². The number of halogens is 1. The molecule has 0 bridgehead atoms. The molecular formula is C12H16ClN3O2. The summed E-state index contributed by atoms with van der Waals surface area (Å²) in [5, 5.41) is 7.44.